The van der Waals surface area contributed by atoms with Crippen molar-refractivity contribution in [2.75, 3.05) is 7.11 Å². The third-order valence-corrected chi connectivity index (χ3v) is 2.65. The Labute approximate surface area is 94.3 Å². The van der Waals surface area contributed by atoms with E-state index in [1.54, 1.807) is 7.11 Å². The summed E-state index contributed by atoms with van der Waals surface area (Å²) in [6.45, 7) is 1.99. The van der Waals surface area contributed by atoms with Crippen LogP contribution in [0.25, 0.3) is 0 Å². The first-order valence-electron chi connectivity index (χ1n) is 4.74. The lowest BCUT2D eigenvalue weighted by atomic mass is 9.97. The van der Waals surface area contributed by atoms with Crippen molar-refractivity contribution in [3.8, 4) is 5.75 Å². The van der Waals surface area contributed by atoms with Crippen molar-refractivity contribution >= 4 is 16.8 Å². The fraction of sp³-hybridized carbons (Fsp3) is 0.364. The van der Waals surface area contributed by atoms with Crippen LogP contribution in [0.5, 0.6) is 5.75 Å². The van der Waals surface area contributed by atoms with E-state index in [0.717, 1.165) is 17.7 Å². The second kappa shape index (κ2) is 5.61. The molecule has 3 nitrogen and oxygen atoms in total. The van der Waals surface area contributed by atoms with Gasteiger partial charge in [0, 0.05) is 5.92 Å². The zero-order valence-electron chi connectivity index (χ0n) is 8.77. The highest BCUT2D eigenvalue weighted by Gasteiger charge is 2.15. The lowest BCUT2D eigenvalue weighted by Gasteiger charge is -2.12. The van der Waals surface area contributed by atoms with E-state index >= 15 is 0 Å². The summed E-state index contributed by atoms with van der Waals surface area (Å²) < 4.78 is 5.06. The Balaban J connectivity index is 2.93. The number of nitrogens with zero attached hydrogens (tertiary/aromatic N) is 1. The first-order valence-corrected chi connectivity index (χ1v) is 5.12. The van der Waals surface area contributed by atoms with Gasteiger partial charge in [-0.1, -0.05) is 35.8 Å². The monoisotopic (exact) mass is 227 g/mol. The minimum atomic E-state index is -0.0532. The van der Waals surface area contributed by atoms with Crippen LogP contribution in [0.3, 0.4) is 0 Å². The highest BCUT2D eigenvalue weighted by molar-refractivity contribution is 6.66. The summed E-state index contributed by atoms with van der Waals surface area (Å²) in [6.07, 6.45) is 0.787. The van der Waals surface area contributed by atoms with Gasteiger partial charge in [0.15, 0.2) is 5.17 Å². The number of methoxy groups -OCH3 is 1. The quantitative estimate of drug-likeness (QED) is 0.488. The van der Waals surface area contributed by atoms with Crippen molar-refractivity contribution in [2.45, 2.75) is 19.3 Å². The van der Waals surface area contributed by atoms with Crippen molar-refractivity contribution < 1.29 is 9.94 Å². The molecule has 0 aliphatic carbocycles. The molecule has 1 atom stereocenters. The highest BCUT2D eigenvalue weighted by atomic mass is 35.5. The molecule has 1 aromatic rings. The van der Waals surface area contributed by atoms with Gasteiger partial charge in [-0.2, -0.15) is 0 Å². The summed E-state index contributed by atoms with van der Waals surface area (Å²) in [7, 11) is 1.62. The fourth-order valence-corrected chi connectivity index (χ4v) is 1.73. The van der Waals surface area contributed by atoms with Crippen LogP contribution in [0.2, 0.25) is 0 Å². The van der Waals surface area contributed by atoms with Gasteiger partial charge in [-0.3, -0.25) is 0 Å². The summed E-state index contributed by atoms with van der Waals surface area (Å²) in [5.74, 6) is 0.744. The molecule has 0 spiro atoms. The molecule has 15 heavy (non-hydrogen) atoms. The van der Waals surface area contributed by atoms with E-state index in [-0.39, 0.29) is 11.1 Å². The Bertz CT molecular complexity index is 335. The van der Waals surface area contributed by atoms with E-state index in [9.17, 15) is 0 Å². The standard InChI is InChI=1S/C11H14ClNO2/c1-3-10(11(12)13-14)8-4-6-9(15-2)7-5-8/h4-7,10,14H,3H2,1-2H3/b13-11-. The van der Waals surface area contributed by atoms with E-state index in [4.69, 9.17) is 21.5 Å². The van der Waals surface area contributed by atoms with Gasteiger partial charge in [-0.05, 0) is 24.1 Å². The van der Waals surface area contributed by atoms with E-state index in [1.807, 2.05) is 31.2 Å². The van der Waals surface area contributed by atoms with E-state index in [2.05, 4.69) is 5.16 Å². The molecule has 0 heterocycles. The third kappa shape index (κ3) is 2.86. The maximum atomic E-state index is 8.63. The number of ether oxygens (including phenoxy) is 1. The molecule has 0 saturated carbocycles. The van der Waals surface area contributed by atoms with Crippen molar-refractivity contribution in [3.05, 3.63) is 29.8 Å². The van der Waals surface area contributed by atoms with Crippen LogP contribution in [0.4, 0.5) is 0 Å². The molecule has 0 bridgehead atoms. The van der Waals surface area contributed by atoms with Crippen LogP contribution in [-0.4, -0.2) is 17.5 Å². The second-order valence-corrected chi connectivity index (χ2v) is 3.54. The number of hydrogen-bond acceptors (Lipinski definition) is 3. The van der Waals surface area contributed by atoms with Gasteiger partial charge >= 0.3 is 0 Å². The number of rotatable bonds is 4. The summed E-state index contributed by atoms with van der Waals surface area (Å²) in [6, 6.07) is 7.56. The van der Waals surface area contributed by atoms with Gasteiger partial charge < -0.3 is 9.94 Å². The molecule has 82 valence electrons. The summed E-state index contributed by atoms with van der Waals surface area (Å²) in [5, 5.41) is 11.9. The Morgan fingerprint density at radius 1 is 1.47 bits per heavy atom. The molecule has 0 aliphatic rings. The summed E-state index contributed by atoms with van der Waals surface area (Å²) in [5.41, 5.74) is 1.01. The Morgan fingerprint density at radius 3 is 2.47 bits per heavy atom. The fourth-order valence-electron chi connectivity index (χ4n) is 1.45. The van der Waals surface area contributed by atoms with E-state index in [0.29, 0.717) is 0 Å². The smallest absolute Gasteiger partial charge is 0.152 e. The van der Waals surface area contributed by atoms with E-state index in [1.165, 1.54) is 0 Å². The maximum absolute atomic E-state index is 8.63. The summed E-state index contributed by atoms with van der Waals surface area (Å²) in [4.78, 5) is 0. The number of benzene rings is 1. The molecule has 0 amide bonds. The van der Waals surface area contributed by atoms with Gasteiger partial charge in [-0.25, -0.2) is 0 Å². The highest BCUT2D eigenvalue weighted by Crippen LogP contribution is 2.25. The topological polar surface area (TPSA) is 41.8 Å². The molecule has 1 unspecified atom stereocenters. The first kappa shape index (κ1) is 11.9. The molecule has 0 saturated heterocycles. The van der Waals surface area contributed by atoms with Gasteiger partial charge in [0.25, 0.3) is 0 Å². The van der Waals surface area contributed by atoms with Crippen molar-refractivity contribution in [1.82, 2.24) is 0 Å². The van der Waals surface area contributed by atoms with Gasteiger partial charge in [0.2, 0.25) is 0 Å². The Hall–Kier alpha value is -1.22. The molecule has 0 aromatic heterocycles. The SMILES string of the molecule is CCC(/C(Cl)=N/O)c1ccc(OC)cc1. The molecule has 4 heteroatoms. The Morgan fingerprint density at radius 2 is 2.07 bits per heavy atom. The van der Waals surface area contributed by atoms with Crippen molar-refractivity contribution in [3.63, 3.8) is 0 Å². The first-order chi connectivity index (χ1) is 7.22. The zero-order chi connectivity index (χ0) is 11.3. The molecule has 0 radical (unpaired) electrons. The van der Waals surface area contributed by atoms with Crippen molar-refractivity contribution in [2.24, 2.45) is 5.16 Å². The van der Waals surface area contributed by atoms with Crippen LogP contribution in [0, 0.1) is 0 Å². The molecule has 0 aliphatic heterocycles. The zero-order valence-corrected chi connectivity index (χ0v) is 9.53. The minimum absolute atomic E-state index is 0.0532. The predicted octanol–water partition coefficient (Wildman–Crippen LogP) is 3.22. The molecule has 1 N–H and O–H groups in total. The molecular weight excluding hydrogens is 214 g/mol. The summed E-state index contributed by atoms with van der Waals surface area (Å²) >= 11 is 5.81. The average Bonchev–Trinajstić information content (AvgIpc) is 2.30. The normalized spacial score (nSPS) is 13.7. The maximum Gasteiger partial charge on any atom is 0.152 e. The van der Waals surface area contributed by atoms with Gasteiger partial charge in [-0.15, -0.1) is 0 Å². The minimum Gasteiger partial charge on any atom is -0.497 e. The van der Waals surface area contributed by atoms with Crippen LogP contribution in [0.1, 0.15) is 24.8 Å². The number of hydrogen-bond donors (Lipinski definition) is 1. The largest absolute Gasteiger partial charge is 0.497 e. The van der Waals surface area contributed by atoms with Crippen LogP contribution < -0.4 is 4.74 Å². The lowest BCUT2D eigenvalue weighted by Crippen LogP contribution is -2.05. The number of halogens is 1. The van der Waals surface area contributed by atoms with Gasteiger partial charge in [0.1, 0.15) is 5.75 Å². The van der Waals surface area contributed by atoms with Crippen LogP contribution in [0.15, 0.2) is 29.4 Å². The van der Waals surface area contributed by atoms with Crippen LogP contribution in [-0.2, 0) is 0 Å². The van der Waals surface area contributed by atoms with E-state index < -0.39 is 0 Å². The lowest BCUT2D eigenvalue weighted by molar-refractivity contribution is 0.318. The predicted molar refractivity (Wildman–Crippen MR) is 61.1 cm³/mol. The Kier molecular flexibility index (Phi) is 4.43. The number of oxime groups is 1. The molecule has 0 fully saturated rings. The molecule has 1 aromatic carbocycles. The second-order valence-electron chi connectivity index (χ2n) is 3.16. The third-order valence-electron chi connectivity index (χ3n) is 2.31. The van der Waals surface area contributed by atoms with Gasteiger partial charge in [0.05, 0.1) is 7.11 Å². The van der Waals surface area contributed by atoms with Crippen molar-refractivity contribution in [1.29, 1.82) is 0 Å². The molecule has 1 rings (SSSR count). The van der Waals surface area contributed by atoms with Crippen LogP contribution >= 0.6 is 11.6 Å². The average molecular weight is 228 g/mol. The molecular formula is C11H14ClNO2.